The van der Waals surface area contributed by atoms with Crippen molar-refractivity contribution in [2.75, 3.05) is 12.3 Å². The van der Waals surface area contributed by atoms with Crippen LogP contribution in [0.5, 0.6) is 0 Å². The van der Waals surface area contributed by atoms with E-state index in [0.29, 0.717) is 4.90 Å². The third-order valence-electron chi connectivity index (χ3n) is 2.93. The van der Waals surface area contributed by atoms with Crippen molar-refractivity contribution in [3.05, 3.63) is 21.7 Å². The van der Waals surface area contributed by atoms with Gasteiger partial charge in [-0.3, -0.25) is 9.69 Å². The van der Waals surface area contributed by atoms with Gasteiger partial charge in [0.15, 0.2) is 15.2 Å². The summed E-state index contributed by atoms with van der Waals surface area (Å²) >= 11 is 0. The molecule has 1 fully saturated rings. The predicted octanol–water partition coefficient (Wildman–Crippen LogP) is -1.44. The van der Waals surface area contributed by atoms with Crippen molar-refractivity contribution in [3.8, 4) is 0 Å². The van der Waals surface area contributed by atoms with Gasteiger partial charge in [-0.15, -0.1) is 0 Å². The van der Waals surface area contributed by atoms with E-state index in [1.165, 1.54) is 0 Å². The maximum atomic E-state index is 11.9. The van der Waals surface area contributed by atoms with Crippen molar-refractivity contribution >= 4 is 21.7 Å². The summed E-state index contributed by atoms with van der Waals surface area (Å²) in [6.07, 6.45) is 0. The molecule has 0 spiro atoms. The molecule has 3 N–H and O–H groups in total. The van der Waals surface area contributed by atoms with Crippen LogP contribution in [-0.4, -0.2) is 54.0 Å². The zero-order valence-corrected chi connectivity index (χ0v) is 10.2. The van der Waals surface area contributed by atoms with E-state index in [9.17, 15) is 18.0 Å². The largest absolute Gasteiger partial charge is 0.477 e. The van der Waals surface area contributed by atoms with Crippen molar-refractivity contribution in [3.63, 3.8) is 0 Å². The van der Waals surface area contributed by atoms with E-state index in [2.05, 4.69) is 10.0 Å². The molecule has 1 amide bonds. The highest BCUT2D eigenvalue weighted by Crippen LogP contribution is 2.35. The summed E-state index contributed by atoms with van der Waals surface area (Å²) < 4.78 is 23.8. The molecule has 0 aromatic heterocycles. The van der Waals surface area contributed by atoms with Gasteiger partial charge in [0.1, 0.15) is 11.7 Å². The molecule has 19 heavy (non-hydrogen) atoms. The smallest absolute Gasteiger partial charge is 0.352 e. The summed E-state index contributed by atoms with van der Waals surface area (Å²) in [5.41, 5.74) is 13.0. The van der Waals surface area contributed by atoms with E-state index < -0.39 is 51.1 Å². The summed E-state index contributed by atoms with van der Waals surface area (Å²) in [6, 6.07) is -1.25. The molecular weight excluding hydrogens is 278 g/mol. The number of carbonyl (C=O) groups is 2. The van der Waals surface area contributed by atoms with Crippen molar-refractivity contribution < 1.29 is 23.1 Å². The van der Waals surface area contributed by atoms with E-state index >= 15 is 0 Å². The van der Waals surface area contributed by atoms with Crippen molar-refractivity contribution in [1.29, 1.82) is 0 Å². The molecule has 0 radical (unpaired) electrons. The van der Waals surface area contributed by atoms with Crippen LogP contribution in [0.3, 0.4) is 0 Å². The van der Waals surface area contributed by atoms with E-state index in [0.717, 1.165) is 0 Å². The van der Waals surface area contributed by atoms with Gasteiger partial charge in [-0.25, -0.2) is 13.2 Å². The summed E-state index contributed by atoms with van der Waals surface area (Å²) in [6.45, 7) is -0.427. The number of fused-ring (bicyclic) bond motifs is 1. The third-order valence-corrected chi connectivity index (χ3v) is 4.92. The van der Waals surface area contributed by atoms with Crippen LogP contribution in [0.4, 0.5) is 0 Å². The Balaban J connectivity index is 2.57. The topological polar surface area (TPSA) is 167 Å². The maximum absolute atomic E-state index is 11.9. The number of hydrogen-bond acceptors (Lipinski definition) is 6. The first-order valence-electron chi connectivity index (χ1n) is 5.07. The number of azide groups is 1. The minimum Gasteiger partial charge on any atom is -0.477 e. The van der Waals surface area contributed by atoms with E-state index in [1.54, 1.807) is 0 Å². The lowest BCUT2D eigenvalue weighted by atomic mass is 10.0. The molecule has 0 unspecified atom stereocenters. The Morgan fingerprint density at radius 3 is 2.79 bits per heavy atom. The van der Waals surface area contributed by atoms with Crippen LogP contribution in [0.2, 0.25) is 0 Å². The molecule has 11 heteroatoms. The molecule has 0 aliphatic carbocycles. The van der Waals surface area contributed by atoms with Gasteiger partial charge in [0.2, 0.25) is 5.91 Å². The number of amides is 1. The van der Waals surface area contributed by atoms with Crippen LogP contribution < -0.4 is 5.73 Å². The zero-order valence-electron chi connectivity index (χ0n) is 9.42. The highest BCUT2D eigenvalue weighted by atomic mass is 32.2. The van der Waals surface area contributed by atoms with Crippen LogP contribution in [0.1, 0.15) is 0 Å². The maximum Gasteiger partial charge on any atom is 0.352 e. The fourth-order valence-electron chi connectivity index (χ4n) is 2.17. The van der Waals surface area contributed by atoms with E-state index in [-0.39, 0.29) is 5.57 Å². The molecular formula is C8H9N5O5S. The summed E-state index contributed by atoms with van der Waals surface area (Å²) in [5.74, 6) is -2.82. The normalized spacial score (nSPS) is 28.3. The van der Waals surface area contributed by atoms with Crippen LogP contribution in [0, 0.1) is 0 Å². The van der Waals surface area contributed by atoms with Gasteiger partial charge >= 0.3 is 5.97 Å². The van der Waals surface area contributed by atoms with Gasteiger partial charge in [0, 0.05) is 4.91 Å². The van der Waals surface area contributed by atoms with Gasteiger partial charge in [-0.2, -0.15) is 0 Å². The van der Waals surface area contributed by atoms with Gasteiger partial charge in [0.05, 0.1) is 12.3 Å². The minimum absolute atomic E-state index is 0.123. The monoisotopic (exact) mass is 287 g/mol. The highest BCUT2D eigenvalue weighted by Gasteiger charge is 2.58. The fraction of sp³-hybridized carbons (Fsp3) is 0.500. The quantitative estimate of drug-likeness (QED) is 0.279. The van der Waals surface area contributed by atoms with Crippen molar-refractivity contribution in [1.82, 2.24) is 4.90 Å². The highest BCUT2D eigenvalue weighted by molar-refractivity contribution is 7.92. The Morgan fingerprint density at radius 1 is 1.63 bits per heavy atom. The molecule has 10 nitrogen and oxygen atoms in total. The van der Waals surface area contributed by atoms with Crippen molar-refractivity contribution in [2.45, 2.75) is 11.4 Å². The van der Waals surface area contributed by atoms with Crippen LogP contribution >= 0.6 is 0 Å². The Labute approximate surface area is 107 Å². The zero-order chi connectivity index (χ0) is 14.4. The molecule has 2 rings (SSSR count). The first-order valence-corrected chi connectivity index (χ1v) is 6.79. The number of aliphatic carboxylic acids is 1. The molecule has 0 aromatic carbocycles. The molecule has 2 aliphatic rings. The summed E-state index contributed by atoms with van der Waals surface area (Å²) in [7, 11) is -3.78. The van der Waals surface area contributed by atoms with Crippen molar-refractivity contribution in [2.24, 2.45) is 10.8 Å². The number of β-lactam (4-membered cyclic amide) rings is 1. The fourth-order valence-corrected chi connectivity index (χ4v) is 4.14. The predicted molar refractivity (Wildman–Crippen MR) is 61.1 cm³/mol. The van der Waals surface area contributed by atoms with Gasteiger partial charge in [0.25, 0.3) is 0 Å². The van der Waals surface area contributed by atoms with E-state index in [4.69, 9.17) is 16.4 Å². The number of nitrogens with zero attached hydrogens (tertiary/aromatic N) is 4. The first kappa shape index (κ1) is 13.3. The Kier molecular flexibility index (Phi) is 2.97. The molecule has 0 saturated carbocycles. The second kappa shape index (κ2) is 4.23. The molecule has 2 atom stereocenters. The number of rotatable bonds is 3. The lowest BCUT2D eigenvalue weighted by Crippen LogP contribution is -2.73. The average Bonchev–Trinajstić information content (AvgIpc) is 2.33. The van der Waals surface area contributed by atoms with Gasteiger partial charge in [-0.1, -0.05) is 5.11 Å². The summed E-state index contributed by atoms with van der Waals surface area (Å²) in [4.78, 5) is 25.8. The number of carboxylic acid groups (broad SMARTS) is 1. The van der Waals surface area contributed by atoms with Crippen LogP contribution in [-0.2, 0) is 19.4 Å². The third kappa shape index (κ3) is 1.84. The minimum atomic E-state index is -3.78. The number of carboxylic acids is 1. The molecule has 2 heterocycles. The van der Waals surface area contributed by atoms with Gasteiger partial charge in [-0.05, 0) is 11.1 Å². The second-order valence-corrected chi connectivity index (χ2v) is 6.18. The van der Waals surface area contributed by atoms with Crippen LogP contribution in [0.15, 0.2) is 16.4 Å². The summed E-state index contributed by atoms with van der Waals surface area (Å²) in [5, 5.41) is 10.9. The van der Waals surface area contributed by atoms with Crippen LogP contribution in [0.25, 0.3) is 10.4 Å². The Hall–Kier alpha value is -2.10. The first-order chi connectivity index (χ1) is 8.81. The lowest BCUT2D eigenvalue weighted by Gasteiger charge is -2.47. The molecule has 102 valence electrons. The standard InChI is InChI=1S/C8H9N5O5S/c9-4-6(14)13-5(8(15)16)3(1-11-12-10)2-19(17,18)7(4)13/h4,7H,1-2,9H2,(H,15,16)/t4-,7-/m0/s1. The number of nitrogens with two attached hydrogens (primary N) is 1. The van der Waals surface area contributed by atoms with E-state index in [1.807, 2.05) is 0 Å². The Bertz CT molecular complexity index is 646. The Morgan fingerprint density at radius 2 is 2.26 bits per heavy atom. The lowest BCUT2D eigenvalue weighted by molar-refractivity contribution is -0.148. The molecule has 1 saturated heterocycles. The molecule has 2 aliphatic heterocycles. The molecule has 0 bridgehead atoms. The number of sulfone groups is 1. The average molecular weight is 287 g/mol. The second-order valence-electron chi connectivity index (χ2n) is 4.08. The molecule has 0 aromatic rings. The van der Waals surface area contributed by atoms with Gasteiger partial charge < -0.3 is 10.8 Å². The SMILES string of the molecule is [N-]=[N+]=NCC1=C(C(=O)O)N2C(=O)[C@H](N)[C@@H]2S(=O)(=O)C1. The number of hydrogen-bond donors (Lipinski definition) is 2. The number of carbonyl (C=O) groups excluding carboxylic acids is 1.